The number of ether oxygens (including phenoxy) is 1. The van der Waals surface area contributed by atoms with Crippen LogP contribution in [-0.2, 0) is 11.0 Å². The van der Waals surface area contributed by atoms with E-state index in [-0.39, 0.29) is 5.69 Å². The van der Waals surface area contributed by atoms with Crippen LogP contribution in [0.25, 0.3) is 0 Å². The van der Waals surface area contributed by atoms with E-state index in [1.54, 1.807) is 24.3 Å². The Labute approximate surface area is 158 Å². The van der Waals surface area contributed by atoms with Gasteiger partial charge in [0, 0.05) is 10.7 Å². The van der Waals surface area contributed by atoms with Gasteiger partial charge in [-0.3, -0.25) is 10.1 Å². The third kappa shape index (κ3) is 5.89. The molecule has 0 radical (unpaired) electrons. The highest BCUT2D eigenvalue weighted by atomic mass is 35.5. The number of rotatable bonds is 4. The smallest absolute Gasteiger partial charge is 0.416 e. The fraction of sp³-hybridized carbons (Fsp3) is 0.222. The molecule has 0 aliphatic heterocycles. The van der Waals surface area contributed by atoms with Gasteiger partial charge >= 0.3 is 12.2 Å². The molecule has 0 unspecified atom stereocenters. The molecule has 9 heteroatoms. The monoisotopic (exact) mass is 400 g/mol. The van der Waals surface area contributed by atoms with Crippen molar-refractivity contribution >= 4 is 29.2 Å². The summed E-state index contributed by atoms with van der Waals surface area (Å²) in [6, 6.07) is 9.23. The summed E-state index contributed by atoms with van der Waals surface area (Å²) in [5, 5.41) is 4.87. The number of hydrogen-bond acceptors (Lipinski definition) is 3. The maximum Gasteiger partial charge on any atom is 0.416 e. The Morgan fingerprint density at radius 2 is 1.52 bits per heavy atom. The van der Waals surface area contributed by atoms with Crippen LogP contribution in [0.5, 0.6) is 5.75 Å². The lowest BCUT2D eigenvalue weighted by atomic mass is 10.1. The fourth-order valence-corrected chi connectivity index (χ4v) is 2.13. The van der Waals surface area contributed by atoms with Crippen molar-refractivity contribution in [2.45, 2.75) is 25.6 Å². The van der Waals surface area contributed by atoms with Gasteiger partial charge in [-0.1, -0.05) is 11.6 Å². The average Bonchev–Trinajstić information content (AvgIpc) is 2.56. The zero-order chi connectivity index (χ0) is 20.2. The lowest BCUT2D eigenvalue weighted by Crippen LogP contribution is -2.49. The van der Waals surface area contributed by atoms with Gasteiger partial charge in [0.05, 0.1) is 5.56 Å². The predicted molar refractivity (Wildman–Crippen MR) is 94.8 cm³/mol. The molecular formula is C18H16ClF3N2O3. The molecule has 2 aromatic rings. The highest BCUT2D eigenvalue weighted by Gasteiger charge is 2.32. The molecule has 2 rings (SSSR count). The second-order valence-electron chi connectivity index (χ2n) is 6.05. The number of urea groups is 1. The van der Waals surface area contributed by atoms with Gasteiger partial charge in [-0.2, -0.15) is 13.2 Å². The number of imide groups is 1. The number of carbonyl (C=O) groups is 2. The number of halogens is 4. The van der Waals surface area contributed by atoms with Crippen molar-refractivity contribution in [3.63, 3.8) is 0 Å². The summed E-state index contributed by atoms with van der Waals surface area (Å²) in [4.78, 5) is 24.2. The van der Waals surface area contributed by atoms with Crippen molar-refractivity contribution in [3.05, 3.63) is 59.1 Å². The van der Waals surface area contributed by atoms with E-state index < -0.39 is 29.3 Å². The van der Waals surface area contributed by atoms with Crippen LogP contribution < -0.4 is 15.4 Å². The minimum absolute atomic E-state index is 0.102. The first kappa shape index (κ1) is 20.6. The van der Waals surface area contributed by atoms with Gasteiger partial charge in [0.25, 0.3) is 5.91 Å². The van der Waals surface area contributed by atoms with Crippen molar-refractivity contribution in [3.8, 4) is 5.75 Å². The fourth-order valence-electron chi connectivity index (χ4n) is 2.00. The highest BCUT2D eigenvalue weighted by Crippen LogP contribution is 2.29. The number of amides is 3. The van der Waals surface area contributed by atoms with Gasteiger partial charge in [-0.15, -0.1) is 0 Å². The Bertz CT molecular complexity index is 819. The van der Waals surface area contributed by atoms with E-state index in [2.05, 4.69) is 10.6 Å². The molecule has 144 valence electrons. The van der Waals surface area contributed by atoms with Gasteiger partial charge < -0.3 is 10.1 Å². The lowest BCUT2D eigenvalue weighted by Gasteiger charge is -2.25. The van der Waals surface area contributed by atoms with Crippen LogP contribution in [0.15, 0.2) is 48.5 Å². The van der Waals surface area contributed by atoms with Gasteiger partial charge in [0.15, 0.2) is 5.60 Å². The Morgan fingerprint density at radius 1 is 0.963 bits per heavy atom. The van der Waals surface area contributed by atoms with Crippen LogP contribution in [0.4, 0.5) is 23.7 Å². The quantitative estimate of drug-likeness (QED) is 0.769. The largest absolute Gasteiger partial charge is 0.478 e. The Kier molecular flexibility index (Phi) is 6.00. The van der Waals surface area contributed by atoms with Gasteiger partial charge in [-0.05, 0) is 62.4 Å². The number of carbonyl (C=O) groups excluding carboxylic acids is 2. The molecular weight excluding hydrogens is 385 g/mol. The topological polar surface area (TPSA) is 67.4 Å². The van der Waals surface area contributed by atoms with Crippen molar-refractivity contribution in [1.29, 1.82) is 0 Å². The number of hydrogen-bond donors (Lipinski definition) is 2. The van der Waals surface area contributed by atoms with E-state index >= 15 is 0 Å². The molecule has 5 nitrogen and oxygen atoms in total. The van der Waals surface area contributed by atoms with Crippen LogP contribution in [0.2, 0.25) is 5.02 Å². The highest BCUT2D eigenvalue weighted by molar-refractivity contribution is 6.30. The van der Waals surface area contributed by atoms with Gasteiger partial charge in [-0.25, -0.2) is 4.79 Å². The standard InChI is InChI=1S/C18H16ClF3N2O3/c1-17(2,27-14-9-5-12(19)6-10-14)15(25)24-16(26)23-13-7-3-11(4-8-13)18(20,21)22/h3-10H,1-2H3,(H2,23,24,25,26). The normalized spacial score (nSPS) is 11.6. The summed E-state index contributed by atoms with van der Waals surface area (Å²) >= 11 is 5.78. The molecule has 2 aromatic carbocycles. The first-order valence-electron chi connectivity index (χ1n) is 7.72. The summed E-state index contributed by atoms with van der Waals surface area (Å²) in [6.07, 6.45) is -4.47. The minimum Gasteiger partial charge on any atom is -0.478 e. The lowest BCUT2D eigenvalue weighted by molar-refractivity contribution is -0.137. The zero-order valence-corrected chi connectivity index (χ0v) is 15.1. The molecule has 3 amide bonds. The van der Waals surface area contributed by atoms with Crippen molar-refractivity contribution in [1.82, 2.24) is 5.32 Å². The van der Waals surface area contributed by atoms with Gasteiger partial charge in [0.1, 0.15) is 5.75 Å². The molecule has 27 heavy (non-hydrogen) atoms. The average molecular weight is 401 g/mol. The summed E-state index contributed by atoms with van der Waals surface area (Å²) in [5.41, 5.74) is -2.13. The first-order chi connectivity index (χ1) is 12.5. The molecule has 0 bridgehead atoms. The van der Waals surface area contributed by atoms with E-state index in [1.807, 2.05) is 0 Å². The summed E-state index contributed by atoms with van der Waals surface area (Å²) in [5.74, 6) is -0.357. The first-order valence-corrected chi connectivity index (χ1v) is 8.09. The Balaban J connectivity index is 1.95. The van der Waals surface area contributed by atoms with E-state index in [1.165, 1.54) is 13.8 Å². The summed E-state index contributed by atoms with van der Waals surface area (Å²) < 4.78 is 43.1. The zero-order valence-electron chi connectivity index (χ0n) is 14.4. The van der Waals surface area contributed by atoms with Crippen LogP contribution in [0.3, 0.4) is 0 Å². The molecule has 0 spiro atoms. The maximum atomic E-state index is 12.5. The van der Waals surface area contributed by atoms with Crippen LogP contribution in [0.1, 0.15) is 19.4 Å². The van der Waals surface area contributed by atoms with Crippen LogP contribution in [0, 0.1) is 0 Å². The maximum absolute atomic E-state index is 12.5. The minimum atomic E-state index is -4.47. The van der Waals surface area contributed by atoms with Crippen molar-refractivity contribution in [2.24, 2.45) is 0 Å². The van der Waals surface area contributed by atoms with Crippen LogP contribution >= 0.6 is 11.6 Å². The Hall–Kier alpha value is -2.74. The molecule has 0 saturated carbocycles. The molecule has 0 aliphatic rings. The number of nitrogens with one attached hydrogen (secondary N) is 2. The van der Waals surface area contributed by atoms with E-state index in [0.717, 1.165) is 24.3 Å². The molecule has 0 atom stereocenters. The summed E-state index contributed by atoms with van der Waals surface area (Å²) in [6.45, 7) is 2.92. The second kappa shape index (κ2) is 7.87. The molecule has 0 aliphatic carbocycles. The van der Waals surface area contributed by atoms with Crippen molar-refractivity contribution in [2.75, 3.05) is 5.32 Å². The number of anilines is 1. The van der Waals surface area contributed by atoms with E-state index in [4.69, 9.17) is 16.3 Å². The second-order valence-corrected chi connectivity index (χ2v) is 6.49. The SMILES string of the molecule is CC(C)(Oc1ccc(Cl)cc1)C(=O)NC(=O)Nc1ccc(C(F)(F)F)cc1. The molecule has 0 heterocycles. The third-order valence-electron chi connectivity index (χ3n) is 3.43. The Morgan fingerprint density at radius 3 is 2.04 bits per heavy atom. The number of benzene rings is 2. The number of alkyl halides is 3. The van der Waals surface area contributed by atoms with E-state index in [9.17, 15) is 22.8 Å². The molecule has 0 saturated heterocycles. The molecule has 2 N–H and O–H groups in total. The molecule has 0 aromatic heterocycles. The van der Waals surface area contributed by atoms with E-state index in [0.29, 0.717) is 10.8 Å². The summed E-state index contributed by atoms with van der Waals surface area (Å²) in [7, 11) is 0. The molecule has 0 fully saturated rings. The predicted octanol–water partition coefficient (Wildman–Crippen LogP) is 4.86. The van der Waals surface area contributed by atoms with Crippen LogP contribution in [-0.4, -0.2) is 17.5 Å². The third-order valence-corrected chi connectivity index (χ3v) is 3.68. The van der Waals surface area contributed by atoms with Crippen molar-refractivity contribution < 1.29 is 27.5 Å². The van der Waals surface area contributed by atoms with Gasteiger partial charge in [0.2, 0.25) is 0 Å².